The fourth-order valence-electron chi connectivity index (χ4n) is 7.76. The lowest BCUT2D eigenvalue weighted by Crippen LogP contribution is -2.51. The normalized spacial score (nSPS) is 52.6. The Labute approximate surface area is 162 Å². The number of fused-ring (bicyclic) bond motifs is 7. The first-order valence-electron chi connectivity index (χ1n) is 10.8. The average Bonchev–Trinajstić information content (AvgIpc) is 3.28. The zero-order valence-electron chi connectivity index (χ0n) is 17.0. The van der Waals surface area contributed by atoms with Crippen molar-refractivity contribution in [1.82, 2.24) is 0 Å². The molecule has 148 valence electrons. The van der Waals surface area contributed by atoms with E-state index in [1.165, 1.54) is 25.3 Å². The van der Waals surface area contributed by atoms with E-state index in [-0.39, 0.29) is 34.8 Å². The summed E-state index contributed by atoms with van der Waals surface area (Å²) in [4.78, 5) is 23.7. The van der Waals surface area contributed by atoms with Gasteiger partial charge in [-0.15, -0.1) is 0 Å². The molecule has 0 radical (unpaired) electrons. The number of ketones is 1. The molecule has 27 heavy (non-hydrogen) atoms. The number of carbonyl (C=O) groups excluding carboxylic acids is 2. The van der Waals surface area contributed by atoms with Gasteiger partial charge in [-0.05, 0) is 68.6 Å². The SMILES string of the molecule is CC(=O)O[C@H]1CC[C@@]2(C)C(=CC[C@H]3[C@@H]4C[C@]5(C(C)=O)O[C@H]5[C@@]4(C)CC[C@@H]32)C1. The van der Waals surface area contributed by atoms with Crippen LogP contribution in [-0.4, -0.2) is 29.6 Å². The monoisotopic (exact) mass is 372 g/mol. The van der Waals surface area contributed by atoms with Crippen LogP contribution in [0.2, 0.25) is 0 Å². The molecule has 8 atom stereocenters. The van der Waals surface area contributed by atoms with Gasteiger partial charge in [0.05, 0.1) is 0 Å². The summed E-state index contributed by atoms with van der Waals surface area (Å²) in [7, 11) is 0. The van der Waals surface area contributed by atoms with Gasteiger partial charge in [0.15, 0.2) is 11.4 Å². The van der Waals surface area contributed by atoms with E-state index in [0.29, 0.717) is 17.8 Å². The highest BCUT2D eigenvalue weighted by atomic mass is 16.6. The quantitative estimate of drug-likeness (QED) is 0.414. The van der Waals surface area contributed by atoms with Crippen molar-refractivity contribution in [1.29, 1.82) is 0 Å². The Morgan fingerprint density at radius 2 is 1.93 bits per heavy atom. The van der Waals surface area contributed by atoms with Crippen LogP contribution in [0.5, 0.6) is 0 Å². The standard InChI is InChI=1S/C23H32O4/c1-13(24)23-12-19-17-6-5-15-11-16(26-14(2)25)7-9-21(15,3)18(17)8-10-22(19,4)20(23)27-23/h5,16-20H,6-12H2,1-4H3/t16-,17+,18-,19-,20-,21-,22-,23+/m0/s1. The molecule has 5 aliphatic rings. The largest absolute Gasteiger partial charge is 0.462 e. The first kappa shape index (κ1) is 17.9. The van der Waals surface area contributed by atoms with Gasteiger partial charge in [0, 0.05) is 18.8 Å². The minimum Gasteiger partial charge on any atom is -0.462 e. The van der Waals surface area contributed by atoms with Crippen molar-refractivity contribution in [2.75, 3.05) is 0 Å². The Bertz CT molecular complexity index is 741. The summed E-state index contributed by atoms with van der Waals surface area (Å²) in [6, 6.07) is 0. The van der Waals surface area contributed by atoms with Crippen LogP contribution < -0.4 is 0 Å². The van der Waals surface area contributed by atoms with Crippen LogP contribution in [0.15, 0.2) is 11.6 Å². The number of hydrogen-bond acceptors (Lipinski definition) is 4. The third kappa shape index (κ3) is 2.25. The molecule has 5 rings (SSSR count). The number of allylic oxidation sites excluding steroid dienone is 1. The molecule has 4 heteroatoms. The van der Waals surface area contributed by atoms with Gasteiger partial charge < -0.3 is 9.47 Å². The Hall–Kier alpha value is -1.16. The average molecular weight is 373 g/mol. The van der Waals surface area contributed by atoms with Crippen LogP contribution in [0.1, 0.15) is 72.6 Å². The maximum atomic E-state index is 12.3. The molecule has 0 spiro atoms. The lowest BCUT2D eigenvalue weighted by atomic mass is 9.48. The molecule has 0 aromatic rings. The molecule has 1 saturated heterocycles. The summed E-state index contributed by atoms with van der Waals surface area (Å²) >= 11 is 0. The molecule has 0 aromatic carbocycles. The number of rotatable bonds is 2. The fourth-order valence-corrected chi connectivity index (χ4v) is 7.76. The van der Waals surface area contributed by atoms with E-state index in [1.54, 1.807) is 6.92 Å². The van der Waals surface area contributed by atoms with Crippen molar-refractivity contribution in [2.24, 2.45) is 28.6 Å². The van der Waals surface area contributed by atoms with Crippen LogP contribution in [0.4, 0.5) is 0 Å². The van der Waals surface area contributed by atoms with Gasteiger partial charge in [0.1, 0.15) is 12.2 Å². The topological polar surface area (TPSA) is 55.9 Å². The minimum absolute atomic E-state index is 0.0562. The number of hydrogen-bond donors (Lipinski definition) is 0. The summed E-state index contributed by atoms with van der Waals surface area (Å²) in [5.74, 6) is 2.02. The molecule has 0 amide bonds. The van der Waals surface area contributed by atoms with E-state index < -0.39 is 5.60 Å². The summed E-state index contributed by atoms with van der Waals surface area (Å²) in [5.41, 5.74) is 1.47. The molecule has 0 aromatic heterocycles. The molecular formula is C23H32O4. The summed E-state index contributed by atoms with van der Waals surface area (Å²) < 4.78 is 11.6. The van der Waals surface area contributed by atoms with Gasteiger partial charge in [-0.1, -0.05) is 25.5 Å². The Morgan fingerprint density at radius 3 is 2.63 bits per heavy atom. The van der Waals surface area contributed by atoms with Crippen LogP contribution in [0.3, 0.4) is 0 Å². The highest BCUT2D eigenvalue weighted by Crippen LogP contribution is 2.72. The van der Waals surface area contributed by atoms with Gasteiger partial charge in [-0.25, -0.2) is 0 Å². The second-order valence-corrected chi connectivity index (χ2v) is 10.4. The minimum atomic E-state index is -0.452. The first-order chi connectivity index (χ1) is 12.7. The molecule has 0 unspecified atom stereocenters. The van der Waals surface area contributed by atoms with Crippen molar-refractivity contribution >= 4 is 11.8 Å². The lowest BCUT2D eigenvalue weighted by Gasteiger charge is -2.57. The summed E-state index contributed by atoms with van der Waals surface area (Å²) in [6.45, 7) is 8.07. The third-order valence-electron chi connectivity index (χ3n) is 9.24. The van der Waals surface area contributed by atoms with E-state index >= 15 is 0 Å². The van der Waals surface area contributed by atoms with Crippen molar-refractivity contribution in [3.8, 4) is 0 Å². The van der Waals surface area contributed by atoms with Gasteiger partial charge in [-0.2, -0.15) is 0 Å². The number of epoxide rings is 1. The Morgan fingerprint density at radius 1 is 1.15 bits per heavy atom. The summed E-state index contributed by atoms with van der Waals surface area (Å²) in [6.07, 6.45) is 10.1. The van der Waals surface area contributed by atoms with E-state index in [2.05, 4.69) is 19.9 Å². The summed E-state index contributed by atoms with van der Waals surface area (Å²) in [5, 5.41) is 0. The number of carbonyl (C=O) groups is 2. The molecule has 1 aliphatic heterocycles. The fraction of sp³-hybridized carbons (Fsp3) is 0.826. The Kier molecular flexibility index (Phi) is 3.62. The molecule has 4 aliphatic carbocycles. The first-order valence-corrected chi connectivity index (χ1v) is 10.8. The highest BCUT2D eigenvalue weighted by Gasteiger charge is 2.77. The third-order valence-corrected chi connectivity index (χ3v) is 9.24. The zero-order valence-corrected chi connectivity index (χ0v) is 17.0. The second kappa shape index (κ2) is 5.46. The van der Waals surface area contributed by atoms with Crippen molar-refractivity contribution < 1.29 is 19.1 Å². The molecule has 1 heterocycles. The number of ether oxygens (including phenoxy) is 2. The highest BCUT2D eigenvalue weighted by molar-refractivity contribution is 5.89. The predicted molar refractivity (Wildman–Crippen MR) is 101 cm³/mol. The van der Waals surface area contributed by atoms with Gasteiger partial charge >= 0.3 is 5.97 Å². The van der Waals surface area contributed by atoms with Crippen LogP contribution in [-0.2, 0) is 19.1 Å². The Balaban J connectivity index is 1.42. The number of Topliss-reactive ketones (excluding diaryl/α,β-unsaturated/α-hetero) is 1. The van der Waals surface area contributed by atoms with Crippen molar-refractivity contribution in [3.05, 3.63) is 11.6 Å². The maximum Gasteiger partial charge on any atom is 0.302 e. The smallest absolute Gasteiger partial charge is 0.302 e. The molecule has 0 N–H and O–H groups in total. The van der Waals surface area contributed by atoms with Crippen molar-refractivity contribution in [2.45, 2.75) is 90.4 Å². The molecule has 4 fully saturated rings. The second-order valence-electron chi connectivity index (χ2n) is 10.4. The lowest BCUT2D eigenvalue weighted by molar-refractivity contribution is -0.148. The van der Waals surface area contributed by atoms with Crippen LogP contribution in [0.25, 0.3) is 0 Å². The van der Waals surface area contributed by atoms with Crippen LogP contribution in [0, 0.1) is 28.6 Å². The van der Waals surface area contributed by atoms with Gasteiger partial charge in [0.2, 0.25) is 0 Å². The molecular weight excluding hydrogens is 340 g/mol. The molecule has 4 nitrogen and oxygen atoms in total. The van der Waals surface area contributed by atoms with Gasteiger partial charge in [-0.3, -0.25) is 9.59 Å². The molecule has 3 saturated carbocycles. The van der Waals surface area contributed by atoms with Crippen molar-refractivity contribution in [3.63, 3.8) is 0 Å². The van der Waals surface area contributed by atoms with E-state index in [4.69, 9.17) is 9.47 Å². The van der Waals surface area contributed by atoms with E-state index in [9.17, 15) is 9.59 Å². The zero-order chi connectivity index (χ0) is 19.2. The maximum absolute atomic E-state index is 12.3. The van der Waals surface area contributed by atoms with E-state index in [0.717, 1.165) is 32.1 Å². The van der Waals surface area contributed by atoms with E-state index in [1.807, 2.05) is 0 Å². The van der Waals surface area contributed by atoms with Crippen LogP contribution >= 0.6 is 0 Å². The predicted octanol–water partition coefficient (Wildman–Crippen LogP) is 4.22. The van der Waals surface area contributed by atoms with Gasteiger partial charge in [0.25, 0.3) is 0 Å². The number of esters is 1. The molecule has 0 bridgehead atoms.